The predicted octanol–water partition coefficient (Wildman–Crippen LogP) is 2.58. The minimum absolute atomic E-state index is 0.00944. The summed E-state index contributed by atoms with van der Waals surface area (Å²) in [6.07, 6.45) is 0. The number of nitrogens with zero attached hydrogens (tertiary/aromatic N) is 1. The number of carbonyl (C=O) groups is 1. The topological polar surface area (TPSA) is 44.4 Å². The Morgan fingerprint density at radius 1 is 1.43 bits per heavy atom. The van der Waals surface area contributed by atoms with E-state index in [0.717, 1.165) is 29.9 Å². The van der Waals surface area contributed by atoms with E-state index in [9.17, 15) is 4.79 Å². The average molecular weight is 310 g/mol. The molecular weight excluding hydrogens is 286 g/mol. The summed E-state index contributed by atoms with van der Waals surface area (Å²) < 4.78 is 0. The quantitative estimate of drug-likeness (QED) is 0.902. The zero-order valence-electron chi connectivity index (χ0n) is 13.2. The van der Waals surface area contributed by atoms with Crippen LogP contribution < -0.4 is 10.6 Å². The highest BCUT2D eigenvalue weighted by atomic mass is 35.5. The van der Waals surface area contributed by atoms with Gasteiger partial charge in [0.2, 0.25) is 5.91 Å². The Hall–Kier alpha value is -1.10. The first-order valence-electron chi connectivity index (χ1n) is 7.41. The van der Waals surface area contributed by atoms with Crippen LogP contribution in [0.1, 0.15) is 25.0 Å². The van der Waals surface area contributed by atoms with Gasteiger partial charge in [0.15, 0.2) is 0 Å². The molecule has 116 valence electrons. The van der Waals surface area contributed by atoms with Crippen molar-refractivity contribution >= 4 is 23.2 Å². The minimum Gasteiger partial charge on any atom is -0.323 e. The van der Waals surface area contributed by atoms with E-state index in [-0.39, 0.29) is 5.91 Å². The monoisotopic (exact) mass is 309 g/mol. The highest BCUT2D eigenvalue weighted by molar-refractivity contribution is 6.34. The molecule has 1 aliphatic heterocycles. The number of halogens is 1. The molecule has 5 heteroatoms. The summed E-state index contributed by atoms with van der Waals surface area (Å²) in [5.41, 5.74) is 2.82. The van der Waals surface area contributed by atoms with Crippen molar-refractivity contribution < 1.29 is 4.79 Å². The summed E-state index contributed by atoms with van der Waals surface area (Å²) in [5, 5.41) is 6.97. The first kappa shape index (κ1) is 16.3. The van der Waals surface area contributed by atoms with Crippen LogP contribution >= 0.6 is 11.6 Å². The Bertz CT molecular complexity index is 509. The van der Waals surface area contributed by atoms with Gasteiger partial charge in [-0.2, -0.15) is 0 Å². The van der Waals surface area contributed by atoms with Crippen molar-refractivity contribution in [2.75, 3.05) is 25.0 Å². The average Bonchev–Trinajstić information content (AvgIpc) is 2.38. The fraction of sp³-hybridized carbons (Fsp3) is 0.562. The Kier molecular flexibility index (Phi) is 5.25. The molecule has 0 aliphatic carbocycles. The van der Waals surface area contributed by atoms with Gasteiger partial charge in [-0.15, -0.1) is 0 Å². The molecule has 1 aromatic carbocycles. The lowest BCUT2D eigenvalue weighted by molar-refractivity contribution is -0.118. The van der Waals surface area contributed by atoms with E-state index in [4.69, 9.17) is 11.6 Å². The molecule has 0 radical (unpaired) electrons. The maximum atomic E-state index is 12.3. The summed E-state index contributed by atoms with van der Waals surface area (Å²) in [7, 11) is 0. The van der Waals surface area contributed by atoms with Crippen LogP contribution in [0.4, 0.5) is 5.69 Å². The van der Waals surface area contributed by atoms with E-state index in [2.05, 4.69) is 29.4 Å². The first-order valence-corrected chi connectivity index (χ1v) is 7.78. The highest BCUT2D eigenvalue weighted by Gasteiger charge is 2.24. The SMILES string of the molecule is Cc1cc(C)c(NC(=O)CN2CC(C)NCC2C)c(Cl)c1. The van der Waals surface area contributed by atoms with Gasteiger partial charge in [-0.25, -0.2) is 0 Å². The van der Waals surface area contributed by atoms with Crippen molar-refractivity contribution in [3.05, 3.63) is 28.3 Å². The molecule has 0 saturated carbocycles. The molecule has 1 amide bonds. The lowest BCUT2D eigenvalue weighted by Gasteiger charge is -2.37. The van der Waals surface area contributed by atoms with Crippen LogP contribution in [0, 0.1) is 13.8 Å². The van der Waals surface area contributed by atoms with Crippen LogP contribution in [-0.4, -0.2) is 42.5 Å². The number of hydrogen-bond donors (Lipinski definition) is 2. The second-order valence-corrected chi connectivity index (χ2v) is 6.48. The van der Waals surface area contributed by atoms with Crippen LogP contribution in [0.15, 0.2) is 12.1 Å². The second kappa shape index (κ2) is 6.77. The second-order valence-electron chi connectivity index (χ2n) is 6.07. The van der Waals surface area contributed by atoms with E-state index >= 15 is 0 Å². The smallest absolute Gasteiger partial charge is 0.238 e. The molecule has 4 nitrogen and oxygen atoms in total. The molecule has 1 aliphatic rings. The van der Waals surface area contributed by atoms with Gasteiger partial charge >= 0.3 is 0 Å². The number of carbonyl (C=O) groups excluding carboxylic acids is 1. The van der Waals surface area contributed by atoms with Gasteiger partial charge in [-0.3, -0.25) is 9.69 Å². The standard InChI is InChI=1S/C16H24ClN3O/c1-10-5-11(2)16(14(17)6-10)19-15(21)9-20-8-12(3)18-7-13(20)4/h5-6,12-13,18H,7-9H2,1-4H3,(H,19,21). The maximum absolute atomic E-state index is 12.3. The Labute approximate surface area is 131 Å². The molecule has 0 aromatic heterocycles. The van der Waals surface area contributed by atoms with Crippen molar-refractivity contribution in [3.8, 4) is 0 Å². The molecule has 2 N–H and O–H groups in total. The molecule has 0 spiro atoms. The minimum atomic E-state index is -0.00944. The van der Waals surface area contributed by atoms with Gasteiger partial charge in [-0.1, -0.05) is 17.7 Å². The van der Waals surface area contributed by atoms with Crippen LogP contribution in [-0.2, 0) is 4.79 Å². The molecule has 1 saturated heterocycles. The lowest BCUT2D eigenvalue weighted by atomic mass is 10.1. The van der Waals surface area contributed by atoms with E-state index in [1.165, 1.54) is 0 Å². The van der Waals surface area contributed by atoms with Crippen molar-refractivity contribution in [2.24, 2.45) is 0 Å². The van der Waals surface area contributed by atoms with Crippen LogP contribution in [0.25, 0.3) is 0 Å². The predicted molar refractivity (Wildman–Crippen MR) is 88.1 cm³/mol. The third-order valence-corrected chi connectivity index (χ3v) is 4.23. The van der Waals surface area contributed by atoms with Gasteiger partial charge in [0.1, 0.15) is 0 Å². The third-order valence-electron chi connectivity index (χ3n) is 3.94. The highest BCUT2D eigenvalue weighted by Crippen LogP contribution is 2.27. The summed E-state index contributed by atoms with van der Waals surface area (Å²) in [5.74, 6) is -0.00944. The number of aryl methyl sites for hydroxylation is 2. The molecule has 1 heterocycles. The number of rotatable bonds is 3. The normalized spacial score (nSPS) is 23.1. The van der Waals surface area contributed by atoms with Crippen molar-refractivity contribution in [1.82, 2.24) is 10.2 Å². The zero-order chi connectivity index (χ0) is 15.6. The molecule has 0 bridgehead atoms. The molecule has 2 rings (SSSR count). The molecule has 1 fully saturated rings. The Morgan fingerprint density at radius 3 is 2.81 bits per heavy atom. The summed E-state index contributed by atoms with van der Waals surface area (Å²) in [6, 6.07) is 4.68. The molecule has 21 heavy (non-hydrogen) atoms. The number of benzene rings is 1. The number of piperazine rings is 1. The molecule has 1 aromatic rings. The number of nitrogens with one attached hydrogen (secondary N) is 2. The summed E-state index contributed by atoms with van der Waals surface area (Å²) in [4.78, 5) is 14.5. The molecule has 2 unspecified atom stereocenters. The Balaban J connectivity index is 2.02. The van der Waals surface area contributed by atoms with Crippen LogP contribution in [0.2, 0.25) is 5.02 Å². The number of hydrogen-bond acceptors (Lipinski definition) is 3. The van der Waals surface area contributed by atoms with Crippen molar-refractivity contribution in [1.29, 1.82) is 0 Å². The van der Waals surface area contributed by atoms with Crippen LogP contribution in [0.5, 0.6) is 0 Å². The molecular formula is C16H24ClN3O. The lowest BCUT2D eigenvalue weighted by Crippen LogP contribution is -2.55. The van der Waals surface area contributed by atoms with Gasteiger partial charge < -0.3 is 10.6 Å². The van der Waals surface area contributed by atoms with Gasteiger partial charge in [0.25, 0.3) is 0 Å². The van der Waals surface area contributed by atoms with Gasteiger partial charge in [-0.05, 0) is 44.9 Å². The van der Waals surface area contributed by atoms with E-state index in [0.29, 0.717) is 23.7 Å². The maximum Gasteiger partial charge on any atom is 0.238 e. The van der Waals surface area contributed by atoms with E-state index < -0.39 is 0 Å². The largest absolute Gasteiger partial charge is 0.323 e. The fourth-order valence-corrected chi connectivity index (χ4v) is 3.12. The fourth-order valence-electron chi connectivity index (χ4n) is 2.75. The van der Waals surface area contributed by atoms with E-state index in [1.54, 1.807) is 0 Å². The number of anilines is 1. The van der Waals surface area contributed by atoms with Crippen molar-refractivity contribution in [2.45, 2.75) is 39.8 Å². The van der Waals surface area contributed by atoms with E-state index in [1.807, 2.05) is 26.0 Å². The van der Waals surface area contributed by atoms with Gasteiger partial charge in [0, 0.05) is 25.2 Å². The summed E-state index contributed by atoms with van der Waals surface area (Å²) >= 11 is 6.24. The summed E-state index contributed by atoms with van der Waals surface area (Å²) in [6.45, 7) is 10.4. The van der Waals surface area contributed by atoms with Crippen LogP contribution in [0.3, 0.4) is 0 Å². The van der Waals surface area contributed by atoms with Gasteiger partial charge in [0.05, 0.1) is 17.3 Å². The molecule has 2 atom stereocenters. The third kappa shape index (κ3) is 4.19. The van der Waals surface area contributed by atoms with Crippen molar-refractivity contribution in [3.63, 3.8) is 0 Å². The zero-order valence-corrected chi connectivity index (χ0v) is 13.9. The Morgan fingerprint density at radius 2 is 2.14 bits per heavy atom. The first-order chi connectivity index (χ1) is 9.86. The number of amides is 1.